The molecular formula is C12H23ClN2O. The van der Waals surface area contributed by atoms with Gasteiger partial charge in [-0.05, 0) is 37.5 Å². The molecule has 2 aliphatic carbocycles. The highest BCUT2D eigenvalue weighted by Gasteiger charge is 2.45. The van der Waals surface area contributed by atoms with Crippen LogP contribution in [-0.4, -0.2) is 18.0 Å². The third kappa shape index (κ3) is 3.36. The van der Waals surface area contributed by atoms with Crippen LogP contribution in [0.15, 0.2) is 0 Å². The highest BCUT2D eigenvalue weighted by molar-refractivity contribution is 5.88. The van der Waals surface area contributed by atoms with E-state index in [1.54, 1.807) is 0 Å². The minimum atomic E-state index is -0.500. The zero-order chi connectivity index (χ0) is 10.9. The smallest absolute Gasteiger partial charge is 0.240 e. The molecule has 3 N–H and O–H groups in total. The van der Waals surface area contributed by atoms with Crippen LogP contribution in [0.4, 0.5) is 0 Å². The first kappa shape index (κ1) is 13.8. The molecule has 0 radical (unpaired) electrons. The van der Waals surface area contributed by atoms with Gasteiger partial charge in [-0.25, -0.2) is 0 Å². The number of hydrogen-bond donors (Lipinski definition) is 2. The number of carbonyl (C=O) groups is 1. The number of nitrogens with two attached hydrogens (primary N) is 1. The average Bonchev–Trinajstić information content (AvgIpc) is 2.94. The van der Waals surface area contributed by atoms with Gasteiger partial charge in [0.25, 0.3) is 0 Å². The van der Waals surface area contributed by atoms with Crippen molar-refractivity contribution in [3.05, 3.63) is 0 Å². The van der Waals surface area contributed by atoms with Crippen LogP contribution >= 0.6 is 12.4 Å². The lowest BCUT2D eigenvalue weighted by Crippen LogP contribution is -2.44. The molecule has 2 rings (SSSR count). The summed E-state index contributed by atoms with van der Waals surface area (Å²) < 4.78 is 0. The van der Waals surface area contributed by atoms with E-state index in [0.717, 1.165) is 25.3 Å². The van der Waals surface area contributed by atoms with Gasteiger partial charge in [0.05, 0.1) is 5.54 Å². The molecule has 0 aromatic rings. The van der Waals surface area contributed by atoms with Crippen LogP contribution in [-0.2, 0) is 4.79 Å². The van der Waals surface area contributed by atoms with Crippen LogP contribution in [0.3, 0.4) is 0 Å². The molecule has 0 spiro atoms. The molecule has 2 saturated carbocycles. The standard InChI is InChI=1S/C12H22N2O.ClH/c1-9-3-2-4-10(7-9)8-14-11(15)12(13)5-6-12;/h9-10H,2-8,13H2,1H3,(H,14,15);1H. The zero-order valence-electron chi connectivity index (χ0n) is 10.00. The molecule has 1 amide bonds. The average molecular weight is 247 g/mol. The van der Waals surface area contributed by atoms with E-state index in [4.69, 9.17) is 5.73 Å². The number of carbonyl (C=O) groups excluding carboxylic acids is 1. The summed E-state index contributed by atoms with van der Waals surface area (Å²) in [7, 11) is 0. The van der Waals surface area contributed by atoms with Gasteiger partial charge in [0.2, 0.25) is 5.91 Å². The SMILES string of the molecule is CC1CCCC(CNC(=O)C2(N)CC2)C1.Cl. The van der Waals surface area contributed by atoms with Crippen LogP contribution in [0.1, 0.15) is 45.4 Å². The third-order valence-corrected chi connectivity index (χ3v) is 3.84. The number of halogens is 1. The number of rotatable bonds is 3. The van der Waals surface area contributed by atoms with Crippen molar-refractivity contribution in [3.8, 4) is 0 Å². The summed E-state index contributed by atoms with van der Waals surface area (Å²) in [4.78, 5) is 11.6. The molecule has 3 nitrogen and oxygen atoms in total. The van der Waals surface area contributed by atoms with Crippen molar-refractivity contribution in [2.24, 2.45) is 17.6 Å². The van der Waals surface area contributed by atoms with Crippen molar-refractivity contribution in [3.63, 3.8) is 0 Å². The molecule has 0 saturated heterocycles. The summed E-state index contributed by atoms with van der Waals surface area (Å²) in [5, 5.41) is 3.01. The molecule has 0 aromatic heterocycles. The van der Waals surface area contributed by atoms with Gasteiger partial charge in [-0.2, -0.15) is 0 Å². The Morgan fingerprint density at radius 1 is 1.44 bits per heavy atom. The number of nitrogens with one attached hydrogen (secondary N) is 1. The number of amides is 1. The summed E-state index contributed by atoms with van der Waals surface area (Å²) in [6, 6.07) is 0. The van der Waals surface area contributed by atoms with E-state index in [1.165, 1.54) is 25.7 Å². The normalized spacial score (nSPS) is 31.4. The minimum Gasteiger partial charge on any atom is -0.354 e. The molecule has 0 aliphatic heterocycles. The summed E-state index contributed by atoms with van der Waals surface area (Å²) in [5.74, 6) is 1.58. The first-order chi connectivity index (χ1) is 7.10. The Morgan fingerprint density at radius 3 is 2.69 bits per heavy atom. The van der Waals surface area contributed by atoms with Crippen molar-refractivity contribution in [1.82, 2.24) is 5.32 Å². The fourth-order valence-electron chi connectivity index (χ4n) is 2.52. The van der Waals surface area contributed by atoms with Crippen molar-refractivity contribution >= 4 is 18.3 Å². The van der Waals surface area contributed by atoms with Crippen LogP contribution in [0, 0.1) is 11.8 Å². The minimum absolute atomic E-state index is 0. The third-order valence-electron chi connectivity index (χ3n) is 3.84. The van der Waals surface area contributed by atoms with Gasteiger partial charge in [-0.3, -0.25) is 4.79 Å². The second kappa shape index (κ2) is 5.37. The molecule has 94 valence electrons. The molecule has 2 fully saturated rings. The fourth-order valence-corrected chi connectivity index (χ4v) is 2.52. The van der Waals surface area contributed by atoms with Crippen molar-refractivity contribution < 1.29 is 4.79 Å². The van der Waals surface area contributed by atoms with Gasteiger partial charge in [-0.15, -0.1) is 12.4 Å². The van der Waals surface area contributed by atoms with Gasteiger partial charge in [0.15, 0.2) is 0 Å². The van der Waals surface area contributed by atoms with Crippen molar-refractivity contribution in [2.75, 3.05) is 6.54 Å². The molecule has 0 bridgehead atoms. The first-order valence-corrected chi connectivity index (χ1v) is 6.17. The maximum atomic E-state index is 11.6. The van der Waals surface area contributed by atoms with Gasteiger partial charge in [-0.1, -0.05) is 19.8 Å². The zero-order valence-corrected chi connectivity index (χ0v) is 10.8. The van der Waals surface area contributed by atoms with Crippen LogP contribution < -0.4 is 11.1 Å². The van der Waals surface area contributed by atoms with Crippen LogP contribution in [0.5, 0.6) is 0 Å². The van der Waals surface area contributed by atoms with E-state index in [-0.39, 0.29) is 18.3 Å². The van der Waals surface area contributed by atoms with E-state index in [0.29, 0.717) is 5.92 Å². The van der Waals surface area contributed by atoms with E-state index < -0.39 is 5.54 Å². The highest BCUT2D eigenvalue weighted by atomic mass is 35.5. The van der Waals surface area contributed by atoms with Gasteiger partial charge in [0, 0.05) is 6.54 Å². The van der Waals surface area contributed by atoms with Gasteiger partial charge >= 0.3 is 0 Å². The highest BCUT2D eigenvalue weighted by Crippen LogP contribution is 2.32. The fraction of sp³-hybridized carbons (Fsp3) is 0.917. The molecule has 2 aliphatic rings. The predicted molar refractivity (Wildman–Crippen MR) is 67.5 cm³/mol. The Balaban J connectivity index is 0.00000128. The van der Waals surface area contributed by atoms with E-state index in [2.05, 4.69) is 12.2 Å². The second-order valence-electron chi connectivity index (χ2n) is 5.50. The predicted octanol–water partition coefficient (Wildman–Crippen LogP) is 1.84. The van der Waals surface area contributed by atoms with Gasteiger partial charge in [0.1, 0.15) is 0 Å². The maximum absolute atomic E-state index is 11.6. The molecule has 2 unspecified atom stereocenters. The Labute approximate surface area is 104 Å². The van der Waals surface area contributed by atoms with Crippen molar-refractivity contribution in [2.45, 2.75) is 51.0 Å². The summed E-state index contributed by atoms with van der Waals surface area (Å²) >= 11 is 0. The topological polar surface area (TPSA) is 55.1 Å². The molecule has 16 heavy (non-hydrogen) atoms. The Kier molecular flexibility index (Phi) is 4.62. The number of hydrogen-bond acceptors (Lipinski definition) is 2. The molecule has 4 heteroatoms. The molecular weight excluding hydrogens is 224 g/mol. The molecule has 2 atom stereocenters. The molecule has 0 aromatic carbocycles. The van der Waals surface area contributed by atoms with Gasteiger partial charge < -0.3 is 11.1 Å². The van der Waals surface area contributed by atoms with E-state index in [9.17, 15) is 4.79 Å². The van der Waals surface area contributed by atoms with E-state index in [1.807, 2.05) is 0 Å². The lowest BCUT2D eigenvalue weighted by molar-refractivity contribution is -0.123. The Hall–Kier alpha value is -0.280. The lowest BCUT2D eigenvalue weighted by Gasteiger charge is -2.27. The summed E-state index contributed by atoms with van der Waals surface area (Å²) in [6.45, 7) is 3.14. The largest absolute Gasteiger partial charge is 0.354 e. The van der Waals surface area contributed by atoms with E-state index >= 15 is 0 Å². The summed E-state index contributed by atoms with van der Waals surface area (Å²) in [6.07, 6.45) is 6.92. The van der Waals surface area contributed by atoms with Crippen LogP contribution in [0.25, 0.3) is 0 Å². The molecule has 0 heterocycles. The monoisotopic (exact) mass is 246 g/mol. The van der Waals surface area contributed by atoms with Crippen LogP contribution in [0.2, 0.25) is 0 Å². The summed E-state index contributed by atoms with van der Waals surface area (Å²) in [5.41, 5.74) is 5.32. The van der Waals surface area contributed by atoms with Crippen molar-refractivity contribution in [1.29, 1.82) is 0 Å². The lowest BCUT2D eigenvalue weighted by atomic mass is 9.82. The quantitative estimate of drug-likeness (QED) is 0.799. The first-order valence-electron chi connectivity index (χ1n) is 6.17. The second-order valence-corrected chi connectivity index (χ2v) is 5.50. The maximum Gasteiger partial charge on any atom is 0.240 e. The Bertz CT molecular complexity index is 253. The Morgan fingerprint density at radius 2 is 2.12 bits per heavy atom.